The Labute approximate surface area is 99.7 Å². The van der Waals surface area contributed by atoms with E-state index in [2.05, 4.69) is 5.32 Å². The molecule has 0 radical (unpaired) electrons. The number of halogens is 1. The Kier molecular flexibility index (Phi) is 2.44. The third-order valence-electron chi connectivity index (χ3n) is 2.94. The molecule has 17 heavy (non-hydrogen) atoms. The molecule has 0 aliphatic carbocycles. The Bertz CT molecular complexity index is 513. The van der Waals surface area contributed by atoms with Gasteiger partial charge in [0.05, 0.1) is 17.9 Å². The summed E-state index contributed by atoms with van der Waals surface area (Å²) in [7, 11) is 0. The van der Waals surface area contributed by atoms with Gasteiger partial charge in [0, 0.05) is 5.69 Å². The van der Waals surface area contributed by atoms with Gasteiger partial charge in [-0.15, -0.1) is 0 Å². The summed E-state index contributed by atoms with van der Waals surface area (Å²) in [5.41, 5.74) is 2.75. The lowest BCUT2D eigenvalue weighted by Crippen LogP contribution is -2.37. The summed E-state index contributed by atoms with van der Waals surface area (Å²) in [6, 6.07) is 17.4. The highest BCUT2D eigenvalue weighted by Crippen LogP contribution is 2.37. The van der Waals surface area contributed by atoms with Crippen molar-refractivity contribution in [2.75, 3.05) is 16.8 Å². The van der Waals surface area contributed by atoms with Gasteiger partial charge in [-0.2, -0.15) is 0 Å². The summed E-state index contributed by atoms with van der Waals surface area (Å²) in [6.07, 6.45) is -1.03. The SMILES string of the molecule is FC1CNc2ccccc2N1c1ccccc1. The first-order chi connectivity index (χ1) is 8.36. The van der Waals surface area contributed by atoms with Crippen LogP contribution in [-0.2, 0) is 0 Å². The van der Waals surface area contributed by atoms with E-state index in [0.717, 1.165) is 17.1 Å². The maximum absolute atomic E-state index is 14.1. The summed E-state index contributed by atoms with van der Waals surface area (Å²) in [5.74, 6) is 0. The molecule has 1 N–H and O–H groups in total. The summed E-state index contributed by atoms with van der Waals surface area (Å²) in [6.45, 7) is 0.311. The van der Waals surface area contributed by atoms with E-state index < -0.39 is 6.30 Å². The van der Waals surface area contributed by atoms with Crippen molar-refractivity contribution < 1.29 is 4.39 Å². The zero-order valence-electron chi connectivity index (χ0n) is 9.31. The summed E-state index contributed by atoms with van der Waals surface area (Å²) in [4.78, 5) is 1.73. The van der Waals surface area contributed by atoms with Crippen molar-refractivity contribution in [3.8, 4) is 0 Å². The zero-order valence-corrected chi connectivity index (χ0v) is 9.31. The van der Waals surface area contributed by atoms with Crippen molar-refractivity contribution >= 4 is 17.1 Å². The van der Waals surface area contributed by atoms with Crippen LogP contribution in [0.3, 0.4) is 0 Å². The number of nitrogens with zero attached hydrogens (tertiary/aromatic N) is 1. The lowest BCUT2D eigenvalue weighted by Gasteiger charge is -2.35. The lowest BCUT2D eigenvalue weighted by molar-refractivity contribution is 0.351. The summed E-state index contributed by atoms with van der Waals surface area (Å²) in [5, 5.41) is 3.10. The molecule has 0 bridgehead atoms. The van der Waals surface area contributed by atoms with Crippen LogP contribution in [0.5, 0.6) is 0 Å². The van der Waals surface area contributed by atoms with Gasteiger partial charge < -0.3 is 10.2 Å². The first-order valence-corrected chi connectivity index (χ1v) is 5.67. The van der Waals surface area contributed by atoms with E-state index in [1.54, 1.807) is 4.90 Å². The van der Waals surface area contributed by atoms with Crippen LogP contribution in [0, 0.1) is 0 Å². The minimum atomic E-state index is -1.03. The van der Waals surface area contributed by atoms with E-state index in [0.29, 0.717) is 6.54 Å². The van der Waals surface area contributed by atoms with E-state index in [9.17, 15) is 4.39 Å². The number of benzene rings is 2. The number of para-hydroxylation sites is 3. The summed E-state index contributed by atoms with van der Waals surface area (Å²) < 4.78 is 14.1. The third-order valence-corrected chi connectivity index (χ3v) is 2.94. The van der Waals surface area contributed by atoms with Crippen molar-refractivity contribution in [1.29, 1.82) is 0 Å². The smallest absolute Gasteiger partial charge is 0.194 e. The molecule has 1 atom stereocenters. The molecule has 1 heterocycles. The summed E-state index contributed by atoms with van der Waals surface area (Å²) >= 11 is 0. The monoisotopic (exact) mass is 228 g/mol. The number of alkyl halides is 1. The van der Waals surface area contributed by atoms with Gasteiger partial charge in [0.1, 0.15) is 0 Å². The maximum Gasteiger partial charge on any atom is 0.194 e. The van der Waals surface area contributed by atoms with Gasteiger partial charge >= 0.3 is 0 Å². The Hall–Kier alpha value is -2.03. The van der Waals surface area contributed by atoms with E-state index in [-0.39, 0.29) is 0 Å². The molecule has 3 rings (SSSR count). The molecule has 1 unspecified atom stereocenters. The molecule has 2 aromatic rings. The van der Waals surface area contributed by atoms with Crippen molar-refractivity contribution in [3.05, 3.63) is 54.6 Å². The number of hydrogen-bond acceptors (Lipinski definition) is 2. The number of hydrogen-bond donors (Lipinski definition) is 1. The van der Waals surface area contributed by atoms with E-state index in [1.165, 1.54) is 0 Å². The molecule has 2 nitrogen and oxygen atoms in total. The molecular weight excluding hydrogens is 215 g/mol. The van der Waals surface area contributed by atoms with Crippen LogP contribution in [0.1, 0.15) is 0 Å². The van der Waals surface area contributed by atoms with E-state index in [1.807, 2.05) is 54.6 Å². The van der Waals surface area contributed by atoms with E-state index >= 15 is 0 Å². The standard InChI is InChI=1S/C14H13FN2/c15-14-10-16-12-8-4-5-9-13(12)17(14)11-6-2-1-3-7-11/h1-9,14,16H,10H2. The van der Waals surface area contributed by atoms with Crippen LogP contribution >= 0.6 is 0 Å². The van der Waals surface area contributed by atoms with Crippen molar-refractivity contribution in [2.45, 2.75) is 6.30 Å². The topological polar surface area (TPSA) is 15.3 Å². The second-order valence-corrected chi connectivity index (χ2v) is 4.04. The van der Waals surface area contributed by atoms with Crippen molar-refractivity contribution in [2.24, 2.45) is 0 Å². The molecule has 2 aromatic carbocycles. The molecule has 0 fully saturated rings. The largest absolute Gasteiger partial charge is 0.378 e. The first kappa shape index (κ1) is 10.1. The highest BCUT2D eigenvalue weighted by atomic mass is 19.1. The minimum absolute atomic E-state index is 0.311. The molecule has 3 heteroatoms. The van der Waals surface area contributed by atoms with Crippen LogP contribution in [0.4, 0.5) is 21.5 Å². The fraction of sp³-hybridized carbons (Fsp3) is 0.143. The normalized spacial score (nSPS) is 18.4. The molecule has 0 aromatic heterocycles. The zero-order chi connectivity index (χ0) is 11.7. The van der Waals surface area contributed by atoms with Gasteiger partial charge in [0.15, 0.2) is 6.30 Å². The lowest BCUT2D eigenvalue weighted by atomic mass is 10.1. The van der Waals surface area contributed by atoms with Crippen LogP contribution in [0.15, 0.2) is 54.6 Å². The Morgan fingerprint density at radius 2 is 1.71 bits per heavy atom. The Balaban J connectivity index is 2.10. The number of nitrogens with one attached hydrogen (secondary N) is 1. The molecule has 0 amide bonds. The van der Waals surface area contributed by atoms with Crippen molar-refractivity contribution in [3.63, 3.8) is 0 Å². The highest BCUT2D eigenvalue weighted by Gasteiger charge is 2.26. The highest BCUT2D eigenvalue weighted by molar-refractivity contribution is 5.78. The van der Waals surface area contributed by atoms with Gasteiger partial charge in [0.25, 0.3) is 0 Å². The molecule has 1 aliphatic rings. The molecule has 86 valence electrons. The molecule has 1 aliphatic heterocycles. The van der Waals surface area contributed by atoms with Gasteiger partial charge in [-0.05, 0) is 24.3 Å². The van der Waals surface area contributed by atoms with Crippen LogP contribution < -0.4 is 10.2 Å². The average Bonchev–Trinajstić information content (AvgIpc) is 2.39. The predicted octanol–water partition coefficient (Wildman–Crippen LogP) is 3.55. The van der Waals surface area contributed by atoms with Gasteiger partial charge in [-0.1, -0.05) is 30.3 Å². The maximum atomic E-state index is 14.1. The second kappa shape index (κ2) is 4.09. The van der Waals surface area contributed by atoms with Crippen LogP contribution in [0.2, 0.25) is 0 Å². The predicted molar refractivity (Wildman–Crippen MR) is 68.4 cm³/mol. The first-order valence-electron chi connectivity index (χ1n) is 5.67. The van der Waals surface area contributed by atoms with Gasteiger partial charge in [0.2, 0.25) is 0 Å². The minimum Gasteiger partial charge on any atom is -0.378 e. The fourth-order valence-corrected chi connectivity index (χ4v) is 2.16. The second-order valence-electron chi connectivity index (χ2n) is 4.04. The van der Waals surface area contributed by atoms with Crippen LogP contribution in [-0.4, -0.2) is 12.8 Å². The van der Waals surface area contributed by atoms with Gasteiger partial charge in [-0.3, -0.25) is 0 Å². The number of fused-ring (bicyclic) bond motifs is 1. The fourth-order valence-electron chi connectivity index (χ4n) is 2.16. The molecule has 0 spiro atoms. The quantitative estimate of drug-likeness (QED) is 0.751. The van der Waals surface area contributed by atoms with E-state index in [4.69, 9.17) is 0 Å². The van der Waals surface area contributed by atoms with Crippen molar-refractivity contribution in [1.82, 2.24) is 0 Å². The average molecular weight is 228 g/mol. The third kappa shape index (κ3) is 1.73. The molecule has 0 saturated heterocycles. The molecule has 0 saturated carbocycles. The number of anilines is 3. The number of rotatable bonds is 1. The Morgan fingerprint density at radius 1 is 1.00 bits per heavy atom. The van der Waals surface area contributed by atoms with Gasteiger partial charge in [-0.25, -0.2) is 4.39 Å². The van der Waals surface area contributed by atoms with Crippen LogP contribution in [0.25, 0.3) is 0 Å². The molecular formula is C14H13FN2. The Morgan fingerprint density at radius 3 is 2.53 bits per heavy atom.